The van der Waals surface area contributed by atoms with Crippen molar-refractivity contribution in [2.45, 2.75) is 44.8 Å². The minimum absolute atomic E-state index is 0.334. The van der Waals surface area contributed by atoms with E-state index in [4.69, 9.17) is 0 Å². The summed E-state index contributed by atoms with van der Waals surface area (Å²) in [5.41, 5.74) is 0. The highest BCUT2D eigenvalue weighted by Crippen LogP contribution is 2.26. The van der Waals surface area contributed by atoms with Crippen molar-refractivity contribution in [1.29, 1.82) is 0 Å². The number of carbonyl (C=O) groups is 1. The number of rotatable bonds is 3. The summed E-state index contributed by atoms with van der Waals surface area (Å²) in [4.78, 5) is 11.4. The van der Waals surface area contributed by atoms with Crippen LogP contribution in [0.1, 0.15) is 39.5 Å². The summed E-state index contributed by atoms with van der Waals surface area (Å²) in [5.74, 6) is 2.34. The maximum atomic E-state index is 11.4. The second-order valence-corrected chi connectivity index (χ2v) is 5.16. The third-order valence-electron chi connectivity index (χ3n) is 2.13. The summed E-state index contributed by atoms with van der Waals surface area (Å²) in [6.45, 7) is 4.42. The Labute approximate surface area is 79.3 Å². The molecule has 0 bridgehead atoms. The van der Waals surface area contributed by atoms with Crippen LogP contribution < -0.4 is 0 Å². The van der Waals surface area contributed by atoms with Crippen molar-refractivity contribution in [2.75, 3.05) is 5.75 Å². The Morgan fingerprint density at radius 2 is 2.25 bits per heavy atom. The van der Waals surface area contributed by atoms with Gasteiger partial charge in [-0.25, -0.2) is 0 Å². The first-order valence-electron chi connectivity index (χ1n) is 4.84. The predicted molar refractivity (Wildman–Crippen MR) is 54.6 cm³/mol. The van der Waals surface area contributed by atoms with Crippen LogP contribution in [0.5, 0.6) is 0 Å². The van der Waals surface area contributed by atoms with Gasteiger partial charge in [0.2, 0.25) is 0 Å². The van der Waals surface area contributed by atoms with Crippen molar-refractivity contribution in [3.05, 3.63) is 0 Å². The Morgan fingerprint density at radius 1 is 1.50 bits per heavy atom. The van der Waals surface area contributed by atoms with E-state index in [2.05, 4.69) is 13.8 Å². The van der Waals surface area contributed by atoms with Gasteiger partial charge in [-0.1, -0.05) is 20.3 Å². The number of hydrogen-bond acceptors (Lipinski definition) is 2. The molecule has 1 rings (SSSR count). The highest BCUT2D eigenvalue weighted by atomic mass is 32.2. The lowest BCUT2D eigenvalue weighted by Gasteiger charge is -2.20. The van der Waals surface area contributed by atoms with Crippen LogP contribution in [0.4, 0.5) is 0 Å². The summed E-state index contributed by atoms with van der Waals surface area (Å²) >= 11 is 1.86. The van der Waals surface area contributed by atoms with Crippen LogP contribution in [-0.4, -0.2) is 16.8 Å². The fourth-order valence-electron chi connectivity index (χ4n) is 1.44. The van der Waals surface area contributed by atoms with Gasteiger partial charge in [0.05, 0.1) is 5.25 Å². The SMILES string of the molecule is CC(C)CSC1CCCCC1=O. The van der Waals surface area contributed by atoms with E-state index in [1.165, 1.54) is 6.42 Å². The van der Waals surface area contributed by atoms with Gasteiger partial charge in [0.25, 0.3) is 0 Å². The molecule has 0 amide bonds. The minimum atomic E-state index is 0.334. The molecule has 1 unspecified atom stereocenters. The highest BCUT2D eigenvalue weighted by Gasteiger charge is 2.22. The van der Waals surface area contributed by atoms with Crippen LogP contribution in [-0.2, 0) is 4.79 Å². The summed E-state index contributed by atoms with van der Waals surface area (Å²) in [6, 6.07) is 0. The molecule has 1 atom stereocenters. The average molecular weight is 186 g/mol. The summed E-state index contributed by atoms with van der Waals surface area (Å²) in [6.07, 6.45) is 4.32. The van der Waals surface area contributed by atoms with E-state index >= 15 is 0 Å². The number of carbonyl (C=O) groups excluding carboxylic acids is 1. The smallest absolute Gasteiger partial charge is 0.145 e. The molecule has 0 aliphatic heterocycles. The van der Waals surface area contributed by atoms with Gasteiger partial charge in [-0.05, 0) is 24.5 Å². The maximum absolute atomic E-state index is 11.4. The normalized spacial score (nSPS) is 24.9. The van der Waals surface area contributed by atoms with E-state index in [9.17, 15) is 4.79 Å². The Morgan fingerprint density at radius 3 is 2.83 bits per heavy atom. The molecule has 12 heavy (non-hydrogen) atoms. The molecular weight excluding hydrogens is 168 g/mol. The molecular formula is C10H18OS. The zero-order valence-electron chi connectivity index (χ0n) is 8.01. The van der Waals surface area contributed by atoms with Gasteiger partial charge in [0, 0.05) is 6.42 Å². The second kappa shape index (κ2) is 4.90. The molecule has 0 radical (unpaired) electrons. The number of hydrogen-bond donors (Lipinski definition) is 0. The van der Waals surface area contributed by atoms with Crippen LogP contribution in [0.2, 0.25) is 0 Å². The molecule has 0 saturated heterocycles. The molecule has 1 fully saturated rings. The molecule has 2 heteroatoms. The van der Waals surface area contributed by atoms with Gasteiger partial charge < -0.3 is 0 Å². The predicted octanol–water partition coefficient (Wildman–Crippen LogP) is 2.89. The number of Topliss-reactive ketones (excluding diaryl/α,β-unsaturated/α-hetero) is 1. The lowest BCUT2D eigenvalue weighted by atomic mass is 9.99. The molecule has 0 heterocycles. The molecule has 0 aromatic carbocycles. The molecule has 1 aliphatic rings. The lowest BCUT2D eigenvalue weighted by molar-refractivity contribution is -0.119. The van der Waals surface area contributed by atoms with Gasteiger partial charge in [-0.3, -0.25) is 4.79 Å². The summed E-state index contributed by atoms with van der Waals surface area (Å²) < 4.78 is 0. The van der Waals surface area contributed by atoms with Crippen molar-refractivity contribution in [3.63, 3.8) is 0 Å². The van der Waals surface area contributed by atoms with Crippen molar-refractivity contribution in [1.82, 2.24) is 0 Å². The molecule has 0 aromatic rings. The lowest BCUT2D eigenvalue weighted by Crippen LogP contribution is -2.22. The van der Waals surface area contributed by atoms with E-state index in [0.29, 0.717) is 17.0 Å². The fraction of sp³-hybridized carbons (Fsp3) is 0.900. The van der Waals surface area contributed by atoms with E-state index in [1.807, 2.05) is 11.8 Å². The third-order valence-corrected chi connectivity index (χ3v) is 3.89. The fourth-order valence-corrected chi connectivity index (χ4v) is 2.69. The first kappa shape index (κ1) is 10.1. The van der Waals surface area contributed by atoms with Crippen molar-refractivity contribution >= 4 is 17.5 Å². The molecule has 0 N–H and O–H groups in total. The van der Waals surface area contributed by atoms with Gasteiger partial charge in [-0.15, -0.1) is 0 Å². The Bertz CT molecular complexity index is 154. The Hall–Kier alpha value is 0.0200. The first-order chi connectivity index (χ1) is 5.70. The van der Waals surface area contributed by atoms with Gasteiger partial charge in [0.1, 0.15) is 5.78 Å². The highest BCUT2D eigenvalue weighted by molar-refractivity contribution is 8.00. The van der Waals surface area contributed by atoms with Gasteiger partial charge in [-0.2, -0.15) is 11.8 Å². The zero-order chi connectivity index (χ0) is 8.97. The molecule has 1 saturated carbocycles. The van der Waals surface area contributed by atoms with Crippen LogP contribution in [0, 0.1) is 5.92 Å². The summed E-state index contributed by atoms with van der Waals surface area (Å²) in [5, 5.41) is 0.334. The van der Waals surface area contributed by atoms with E-state index < -0.39 is 0 Å². The van der Waals surface area contributed by atoms with Crippen molar-refractivity contribution < 1.29 is 4.79 Å². The third kappa shape index (κ3) is 3.18. The van der Waals surface area contributed by atoms with Crippen molar-refractivity contribution in [2.24, 2.45) is 5.92 Å². The average Bonchev–Trinajstić information content (AvgIpc) is 2.03. The van der Waals surface area contributed by atoms with E-state index in [-0.39, 0.29) is 0 Å². The Kier molecular flexibility index (Phi) is 4.13. The van der Waals surface area contributed by atoms with E-state index in [1.54, 1.807) is 0 Å². The number of thioether (sulfide) groups is 1. The Balaban J connectivity index is 2.25. The van der Waals surface area contributed by atoms with Crippen LogP contribution >= 0.6 is 11.8 Å². The first-order valence-corrected chi connectivity index (χ1v) is 5.89. The molecule has 0 spiro atoms. The van der Waals surface area contributed by atoms with Gasteiger partial charge in [0.15, 0.2) is 0 Å². The maximum Gasteiger partial charge on any atom is 0.145 e. The van der Waals surface area contributed by atoms with Crippen LogP contribution in [0.25, 0.3) is 0 Å². The van der Waals surface area contributed by atoms with E-state index in [0.717, 1.165) is 25.0 Å². The monoisotopic (exact) mass is 186 g/mol. The van der Waals surface area contributed by atoms with Crippen LogP contribution in [0.3, 0.4) is 0 Å². The minimum Gasteiger partial charge on any atom is -0.298 e. The van der Waals surface area contributed by atoms with Gasteiger partial charge >= 0.3 is 0 Å². The topological polar surface area (TPSA) is 17.1 Å². The molecule has 1 nitrogen and oxygen atoms in total. The zero-order valence-corrected chi connectivity index (χ0v) is 8.82. The molecule has 0 aromatic heterocycles. The summed E-state index contributed by atoms with van der Waals surface area (Å²) in [7, 11) is 0. The van der Waals surface area contributed by atoms with Crippen molar-refractivity contribution in [3.8, 4) is 0 Å². The number of ketones is 1. The molecule has 70 valence electrons. The standard InChI is InChI=1S/C10H18OS/c1-8(2)7-12-10-6-4-3-5-9(10)11/h8,10H,3-7H2,1-2H3. The molecule has 1 aliphatic carbocycles. The van der Waals surface area contributed by atoms with Crippen LogP contribution in [0.15, 0.2) is 0 Å². The largest absolute Gasteiger partial charge is 0.298 e. The second-order valence-electron chi connectivity index (χ2n) is 3.93. The quantitative estimate of drug-likeness (QED) is 0.674.